The highest BCUT2D eigenvalue weighted by atomic mass is 15.1. The van der Waals surface area contributed by atoms with Crippen molar-refractivity contribution in [3.8, 4) is 0 Å². The summed E-state index contributed by atoms with van der Waals surface area (Å²) >= 11 is 0. The molecule has 0 unspecified atom stereocenters. The predicted octanol–water partition coefficient (Wildman–Crippen LogP) is 0.920. The third kappa shape index (κ3) is 3.77. The van der Waals surface area contributed by atoms with Crippen molar-refractivity contribution in [2.24, 2.45) is 0 Å². The third-order valence-corrected chi connectivity index (χ3v) is 2.11. The van der Waals surface area contributed by atoms with Gasteiger partial charge >= 0.3 is 0 Å². The fraction of sp³-hybridized carbons (Fsp3) is 0.455. The van der Waals surface area contributed by atoms with Crippen molar-refractivity contribution >= 4 is 5.69 Å². The Balaban J connectivity index is 2.28. The monoisotopic (exact) mass is 193 g/mol. The van der Waals surface area contributed by atoms with Crippen LogP contribution in [0.15, 0.2) is 24.3 Å². The molecular formula is C11H19N3. The molecule has 1 rings (SSSR count). The Morgan fingerprint density at radius 3 is 2.64 bits per heavy atom. The molecule has 1 aromatic carbocycles. The van der Waals surface area contributed by atoms with Gasteiger partial charge in [0.1, 0.15) is 0 Å². The van der Waals surface area contributed by atoms with E-state index in [1.54, 1.807) is 0 Å². The first kappa shape index (κ1) is 11.0. The second-order valence-electron chi connectivity index (χ2n) is 3.68. The summed E-state index contributed by atoms with van der Waals surface area (Å²) in [7, 11) is 4.14. The Morgan fingerprint density at radius 2 is 2.00 bits per heavy atom. The first-order valence-corrected chi connectivity index (χ1v) is 4.89. The molecule has 0 fully saturated rings. The zero-order valence-electron chi connectivity index (χ0n) is 8.96. The van der Waals surface area contributed by atoms with Crippen molar-refractivity contribution < 1.29 is 0 Å². The molecule has 0 aromatic heterocycles. The largest absolute Gasteiger partial charge is 0.398 e. The molecule has 0 aliphatic heterocycles. The molecule has 0 amide bonds. The summed E-state index contributed by atoms with van der Waals surface area (Å²) in [6.07, 6.45) is 0. The van der Waals surface area contributed by atoms with Gasteiger partial charge in [0.05, 0.1) is 0 Å². The Labute approximate surface area is 85.9 Å². The van der Waals surface area contributed by atoms with Gasteiger partial charge in [-0.3, -0.25) is 0 Å². The summed E-state index contributed by atoms with van der Waals surface area (Å²) in [5.41, 5.74) is 7.85. The molecular weight excluding hydrogens is 174 g/mol. The Morgan fingerprint density at radius 1 is 1.29 bits per heavy atom. The van der Waals surface area contributed by atoms with Gasteiger partial charge in [-0.1, -0.05) is 18.2 Å². The van der Waals surface area contributed by atoms with Crippen molar-refractivity contribution in [3.63, 3.8) is 0 Å². The van der Waals surface area contributed by atoms with Crippen molar-refractivity contribution in [2.45, 2.75) is 6.54 Å². The van der Waals surface area contributed by atoms with Gasteiger partial charge in [-0.25, -0.2) is 0 Å². The number of nitrogen functional groups attached to an aromatic ring is 1. The molecule has 0 saturated heterocycles. The maximum Gasteiger partial charge on any atom is 0.0359 e. The zero-order valence-corrected chi connectivity index (χ0v) is 8.96. The number of nitrogens with zero attached hydrogens (tertiary/aromatic N) is 1. The Bertz CT molecular complexity index is 271. The number of nitrogens with two attached hydrogens (primary N) is 1. The molecule has 14 heavy (non-hydrogen) atoms. The molecule has 1 aromatic rings. The molecule has 0 heterocycles. The maximum atomic E-state index is 5.81. The maximum absolute atomic E-state index is 5.81. The summed E-state index contributed by atoms with van der Waals surface area (Å²) in [5.74, 6) is 0. The number of hydrogen-bond donors (Lipinski definition) is 2. The normalized spacial score (nSPS) is 10.8. The lowest BCUT2D eigenvalue weighted by molar-refractivity contribution is 0.400. The first-order valence-electron chi connectivity index (χ1n) is 4.89. The standard InChI is InChI=1S/C11H19N3/c1-14(2)8-7-13-9-10-5-3-4-6-11(10)12/h3-6,13H,7-9,12H2,1-2H3. The van der Waals surface area contributed by atoms with Crippen LogP contribution in [0.3, 0.4) is 0 Å². The lowest BCUT2D eigenvalue weighted by Gasteiger charge is -2.11. The van der Waals surface area contributed by atoms with Gasteiger partial charge in [-0.2, -0.15) is 0 Å². The molecule has 0 saturated carbocycles. The number of rotatable bonds is 5. The van der Waals surface area contributed by atoms with E-state index in [9.17, 15) is 0 Å². The van der Waals surface area contributed by atoms with Crippen LogP contribution in [0.5, 0.6) is 0 Å². The van der Waals surface area contributed by atoms with Gasteiger partial charge in [-0.05, 0) is 25.7 Å². The average Bonchev–Trinajstić information content (AvgIpc) is 2.15. The molecule has 3 N–H and O–H groups in total. The van der Waals surface area contributed by atoms with Crippen LogP contribution in [-0.2, 0) is 6.54 Å². The van der Waals surface area contributed by atoms with E-state index in [-0.39, 0.29) is 0 Å². The van der Waals surface area contributed by atoms with E-state index in [4.69, 9.17) is 5.73 Å². The second kappa shape index (κ2) is 5.62. The minimum absolute atomic E-state index is 0.848. The number of benzene rings is 1. The molecule has 0 aliphatic rings. The number of nitrogens with one attached hydrogen (secondary N) is 1. The van der Waals surface area contributed by atoms with E-state index in [0.29, 0.717) is 0 Å². The van der Waals surface area contributed by atoms with Crippen LogP contribution in [-0.4, -0.2) is 32.1 Å². The van der Waals surface area contributed by atoms with Crippen LogP contribution in [0.25, 0.3) is 0 Å². The SMILES string of the molecule is CN(C)CCNCc1ccccc1N. The van der Waals surface area contributed by atoms with Gasteiger partial charge in [0.2, 0.25) is 0 Å². The molecule has 0 bridgehead atoms. The van der Waals surface area contributed by atoms with Crippen LogP contribution in [0, 0.1) is 0 Å². The molecule has 3 heteroatoms. The van der Waals surface area contributed by atoms with E-state index >= 15 is 0 Å². The highest BCUT2D eigenvalue weighted by Crippen LogP contribution is 2.09. The van der Waals surface area contributed by atoms with Crippen molar-refractivity contribution in [2.75, 3.05) is 32.9 Å². The molecule has 78 valence electrons. The third-order valence-electron chi connectivity index (χ3n) is 2.11. The molecule has 0 aliphatic carbocycles. The van der Waals surface area contributed by atoms with E-state index < -0.39 is 0 Å². The summed E-state index contributed by atoms with van der Waals surface area (Å²) < 4.78 is 0. The van der Waals surface area contributed by atoms with Crippen LogP contribution in [0.4, 0.5) is 5.69 Å². The molecule has 3 nitrogen and oxygen atoms in total. The van der Waals surface area contributed by atoms with Gasteiger partial charge < -0.3 is 16.0 Å². The van der Waals surface area contributed by atoms with Crippen LogP contribution in [0.2, 0.25) is 0 Å². The fourth-order valence-electron chi connectivity index (χ4n) is 1.22. The van der Waals surface area contributed by atoms with Gasteiger partial charge in [-0.15, -0.1) is 0 Å². The van der Waals surface area contributed by atoms with Gasteiger partial charge in [0.25, 0.3) is 0 Å². The second-order valence-corrected chi connectivity index (χ2v) is 3.68. The lowest BCUT2D eigenvalue weighted by Crippen LogP contribution is -2.26. The van der Waals surface area contributed by atoms with Crippen molar-refractivity contribution in [1.29, 1.82) is 0 Å². The Kier molecular flexibility index (Phi) is 4.43. The fourth-order valence-corrected chi connectivity index (χ4v) is 1.22. The topological polar surface area (TPSA) is 41.3 Å². The van der Waals surface area contributed by atoms with Crippen molar-refractivity contribution in [3.05, 3.63) is 29.8 Å². The highest BCUT2D eigenvalue weighted by Gasteiger charge is 1.96. The van der Waals surface area contributed by atoms with E-state index in [0.717, 1.165) is 25.3 Å². The smallest absolute Gasteiger partial charge is 0.0359 e. The molecule has 0 radical (unpaired) electrons. The van der Waals surface area contributed by atoms with Crippen molar-refractivity contribution in [1.82, 2.24) is 10.2 Å². The molecule has 0 atom stereocenters. The number of hydrogen-bond acceptors (Lipinski definition) is 3. The first-order chi connectivity index (χ1) is 6.70. The van der Waals surface area contributed by atoms with E-state index in [1.165, 1.54) is 5.56 Å². The predicted molar refractivity (Wildman–Crippen MR) is 61.1 cm³/mol. The van der Waals surface area contributed by atoms with Crippen LogP contribution in [0.1, 0.15) is 5.56 Å². The lowest BCUT2D eigenvalue weighted by atomic mass is 10.2. The Hall–Kier alpha value is -1.06. The summed E-state index contributed by atoms with van der Waals surface area (Å²) in [5, 5.41) is 3.35. The summed E-state index contributed by atoms with van der Waals surface area (Å²) in [6, 6.07) is 7.96. The quantitative estimate of drug-likeness (QED) is 0.540. The summed E-state index contributed by atoms with van der Waals surface area (Å²) in [4.78, 5) is 2.15. The molecule has 0 spiro atoms. The van der Waals surface area contributed by atoms with Gasteiger partial charge in [0, 0.05) is 25.3 Å². The van der Waals surface area contributed by atoms with E-state index in [2.05, 4.69) is 30.4 Å². The zero-order chi connectivity index (χ0) is 10.4. The highest BCUT2D eigenvalue weighted by molar-refractivity contribution is 5.46. The number of para-hydroxylation sites is 1. The summed E-state index contributed by atoms with van der Waals surface area (Å²) in [6.45, 7) is 2.88. The number of likely N-dealkylation sites (N-methyl/N-ethyl adjacent to an activating group) is 1. The van der Waals surface area contributed by atoms with E-state index in [1.807, 2.05) is 18.2 Å². The minimum atomic E-state index is 0.848. The van der Waals surface area contributed by atoms with Crippen LogP contribution < -0.4 is 11.1 Å². The van der Waals surface area contributed by atoms with Crippen LogP contribution >= 0.6 is 0 Å². The van der Waals surface area contributed by atoms with Gasteiger partial charge in [0.15, 0.2) is 0 Å². The average molecular weight is 193 g/mol. The number of anilines is 1. The minimum Gasteiger partial charge on any atom is -0.398 e.